The van der Waals surface area contributed by atoms with Crippen molar-refractivity contribution in [2.45, 2.75) is 25.4 Å². The largest absolute Gasteiger partial charge is 0.390 e. The zero-order valence-corrected chi connectivity index (χ0v) is 14.0. The molecular weight excluding hydrogens is 294 g/mol. The molecule has 1 aliphatic rings. The average molecular weight is 321 g/mol. The number of aliphatic hydroxyl groups is 1. The van der Waals surface area contributed by atoms with Crippen LogP contribution in [0.5, 0.6) is 0 Å². The van der Waals surface area contributed by atoms with E-state index in [-0.39, 0.29) is 12.6 Å². The van der Waals surface area contributed by atoms with Crippen LogP contribution in [0.4, 0.5) is 16.3 Å². The number of rotatable bonds is 6. The number of aliphatic hydroxyl groups excluding tert-OH is 1. The quantitative estimate of drug-likeness (QED) is 0.731. The molecule has 2 heterocycles. The lowest BCUT2D eigenvalue weighted by molar-refractivity contribution is 0.102. The van der Waals surface area contributed by atoms with Gasteiger partial charge in [0.1, 0.15) is 5.82 Å². The molecule has 3 N–H and O–H groups in total. The second-order valence-corrected chi connectivity index (χ2v) is 6.15. The maximum absolute atomic E-state index is 11.8. The van der Waals surface area contributed by atoms with Gasteiger partial charge in [0, 0.05) is 27.2 Å². The highest BCUT2D eigenvalue weighted by molar-refractivity contribution is 5.89. The highest BCUT2D eigenvalue weighted by Crippen LogP contribution is 2.11. The van der Waals surface area contributed by atoms with Crippen LogP contribution in [-0.4, -0.2) is 67.4 Å². The van der Waals surface area contributed by atoms with Crippen LogP contribution in [0.15, 0.2) is 18.3 Å². The van der Waals surface area contributed by atoms with Crippen LogP contribution in [0.25, 0.3) is 0 Å². The van der Waals surface area contributed by atoms with E-state index in [0.29, 0.717) is 12.2 Å². The fraction of sp³-hybridized carbons (Fsp3) is 0.625. The van der Waals surface area contributed by atoms with Crippen molar-refractivity contribution in [1.82, 2.24) is 15.2 Å². The minimum Gasteiger partial charge on any atom is -0.390 e. The molecule has 0 saturated carbocycles. The molecule has 1 fully saturated rings. The molecule has 0 unspecified atom stereocenters. The summed E-state index contributed by atoms with van der Waals surface area (Å²) in [6, 6.07) is 3.30. The van der Waals surface area contributed by atoms with Gasteiger partial charge < -0.3 is 25.5 Å². The van der Waals surface area contributed by atoms with Gasteiger partial charge in [0.2, 0.25) is 0 Å². The summed E-state index contributed by atoms with van der Waals surface area (Å²) in [4.78, 5) is 20.2. The number of urea groups is 1. The van der Waals surface area contributed by atoms with Crippen molar-refractivity contribution in [2.75, 3.05) is 50.5 Å². The Labute approximate surface area is 137 Å². The van der Waals surface area contributed by atoms with Crippen LogP contribution in [0, 0.1) is 0 Å². The zero-order valence-electron chi connectivity index (χ0n) is 14.0. The molecule has 0 spiro atoms. The summed E-state index contributed by atoms with van der Waals surface area (Å²) in [5.41, 5.74) is 0.624. The van der Waals surface area contributed by atoms with Crippen molar-refractivity contribution in [3.63, 3.8) is 0 Å². The number of piperidine rings is 1. The first-order chi connectivity index (χ1) is 11.0. The zero-order chi connectivity index (χ0) is 16.7. The molecule has 2 amide bonds. The fourth-order valence-electron chi connectivity index (χ4n) is 2.61. The van der Waals surface area contributed by atoms with Crippen LogP contribution in [0.3, 0.4) is 0 Å². The van der Waals surface area contributed by atoms with Gasteiger partial charge in [-0.2, -0.15) is 0 Å². The molecule has 1 aromatic rings. The first-order valence-corrected chi connectivity index (χ1v) is 8.13. The molecule has 2 rings (SSSR count). The Morgan fingerprint density at radius 3 is 2.70 bits per heavy atom. The molecule has 128 valence electrons. The van der Waals surface area contributed by atoms with E-state index in [4.69, 9.17) is 0 Å². The monoisotopic (exact) mass is 321 g/mol. The van der Waals surface area contributed by atoms with Gasteiger partial charge in [-0.25, -0.2) is 9.78 Å². The highest BCUT2D eigenvalue weighted by atomic mass is 16.3. The summed E-state index contributed by atoms with van der Waals surface area (Å²) in [5.74, 6) is 0.827. The summed E-state index contributed by atoms with van der Waals surface area (Å²) in [6.07, 6.45) is 4.72. The Hall–Kier alpha value is -1.86. The van der Waals surface area contributed by atoms with Crippen molar-refractivity contribution >= 4 is 17.5 Å². The summed E-state index contributed by atoms with van der Waals surface area (Å²) in [7, 11) is 3.82. The smallest absolute Gasteiger partial charge is 0.319 e. The molecule has 0 aliphatic carbocycles. The van der Waals surface area contributed by atoms with Gasteiger partial charge in [0.15, 0.2) is 0 Å². The number of likely N-dealkylation sites (tertiary alicyclic amines) is 1. The molecule has 1 saturated heterocycles. The van der Waals surface area contributed by atoms with E-state index in [0.717, 1.165) is 18.9 Å². The minimum absolute atomic E-state index is 0.242. The topological polar surface area (TPSA) is 80.7 Å². The number of aromatic nitrogens is 1. The highest BCUT2D eigenvalue weighted by Gasteiger charge is 2.15. The molecule has 1 atom stereocenters. The van der Waals surface area contributed by atoms with Gasteiger partial charge in [-0.15, -0.1) is 0 Å². The summed E-state index contributed by atoms with van der Waals surface area (Å²) >= 11 is 0. The van der Waals surface area contributed by atoms with Gasteiger partial charge in [0.05, 0.1) is 18.0 Å². The maximum Gasteiger partial charge on any atom is 0.319 e. The number of carbonyl (C=O) groups excluding carboxylic acids is 1. The van der Waals surface area contributed by atoms with Crippen molar-refractivity contribution in [3.8, 4) is 0 Å². The number of hydrogen-bond acceptors (Lipinski definition) is 5. The number of carbonyl (C=O) groups is 1. The van der Waals surface area contributed by atoms with E-state index in [1.54, 1.807) is 12.3 Å². The number of hydrogen-bond donors (Lipinski definition) is 3. The van der Waals surface area contributed by atoms with Gasteiger partial charge in [-0.3, -0.25) is 0 Å². The summed E-state index contributed by atoms with van der Waals surface area (Å²) in [5, 5.41) is 15.4. The second-order valence-electron chi connectivity index (χ2n) is 6.15. The van der Waals surface area contributed by atoms with Gasteiger partial charge >= 0.3 is 6.03 Å². The van der Waals surface area contributed by atoms with E-state index in [2.05, 4.69) is 20.5 Å². The van der Waals surface area contributed by atoms with E-state index in [9.17, 15) is 9.90 Å². The minimum atomic E-state index is -0.548. The number of β-amino-alcohol motifs (C(OH)–C–C–N with tert-alkyl or cyclic N) is 1. The van der Waals surface area contributed by atoms with E-state index in [1.165, 1.54) is 19.3 Å². The van der Waals surface area contributed by atoms with E-state index >= 15 is 0 Å². The number of nitrogens with one attached hydrogen (secondary N) is 2. The van der Waals surface area contributed by atoms with Crippen molar-refractivity contribution in [1.29, 1.82) is 0 Å². The van der Waals surface area contributed by atoms with Crippen molar-refractivity contribution in [3.05, 3.63) is 18.3 Å². The first kappa shape index (κ1) is 17.5. The average Bonchev–Trinajstić information content (AvgIpc) is 2.54. The number of amides is 2. The Morgan fingerprint density at radius 1 is 1.35 bits per heavy atom. The van der Waals surface area contributed by atoms with Crippen molar-refractivity contribution in [2.24, 2.45) is 0 Å². The molecule has 23 heavy (non-hydrogen) atoms. The molecule has 1 aromatic heterocycles. The standard InChI is InChI=1S/C16H27N5O2/c1-20(2)15-7-6-13(10-17-15)19-16(23)18-11-14(22)12-21-8-4-3-5-9-21/h6-7,10,14,22H,3-5,8-9,11-12H2,1-2H3,(H2,18,19,23)/t14-/m0/s1. The third-order valence-electron chi connectivity index (χ3n) is 3.88. The van der Waals surface area contributed by atoms with Crippen LogP contribution in [0.1, 0.15) is 19.3 Å². The first-order valence-electron chi connectivity index (χ1n) is 8.13. The lowest BCUT2D eigenvalue weighted by Crippen LogP contribution is -2.43. The Bertz CT molecular complexity index is 486. The van der Waals surface area contributed by atoms with Crippen LogP contribution in [-0.2, 0) is 0 Å². The number of pyridine rings is 1. The molecule has 7 nitrogen and oxygen atoms in total. The van der Waals surface area contributed by atoms with Gasteiger partial charge in [-0.05, 0) is 38.1 Å². The van der Waals surface area contributed by atoms with E-state index < -0.39 is 6.10 Å². The van der Waals surface area contributed by atoms with Crippen LogP contribution in [0.2, 0.25) is 0 Å². The Balaban J connectivity index is 1.69. The third kappa shape index (κ3) is 6.03. The Kier molecular flexibility index (Phi) is 6.61. The fourth-order valence-corrected chi connectivity index (χ4v) is 2.61. The molecule has 0 bridgehead atoms. The van der Waals surface area contributed by atoms with Crippen LogP contribution < -0.4 is 15.5 Å². The predicted molar refractivity (Wildman–Crippen MR) is 91.9 cm³/mol. The lowest BCUT2D eigenvalue weighted by atomic mass is 10.1. The van der Waals surface area contributed by atoms with Crippen LogP contribution >= 0.6 is 0 Å². The van der Waals surface area contributed by atoms with Crippen molar-refractivity contribution < 1.29 is 9.90 Å². The second kappa shape index (κ2) is 8.69. The lowest BCUT2D eigenvalue weighted by Gasteiger charge is -2.28. The normalized spacial score (nSPS) is 16.7. The SMILES string of the molecule is CN(C)c1ccc(NC(=O)NC[C@H](O)CN2CCCCC2)cn1. The maximum atomic E-state index is 11.8. The molecule has 7 heteroatoms. The third-order valence-corrected chi connectivity index (χ3v) is 3.88. The summed E-state index contributed by atoms with van der Waals surface area (Å²) < 4.78 is 0. The van der Waals surface area contributed by atoms with Gasteiger partial charge in [-0.1, -0.05) is 6.42 Å². The van der Waals surface area contributed by atoms with Gasteiger partial charge in [0.25, 0.3) is 0 Å². The Morgan fingerprint density at radius 2 is 2.09 bits per heavy atom. The molecular formula is C16H27N5O2. The molecule has 0 aromatic carbocycles. The molecule has 1 aliphatic heterocycles. The van der Waals surface area contributed by atoms with E-state index in [1.807, 2.05) is 25.1 Å². The molecule has 0 radical (unpaired) electrons. The number of anilines is 2. The summed E-state index contributed by atoms with van der Waals surface area (Å²) in [6.45, 7) is 2.92. The predicted octanol–water partition coefficient (Wildman–Crippen LogP) is 1.12. The number of nitrogens with zero attached hydrogens (tertiary/aromatic N) is 3.